The first-order chi connectivity index (χ1) is 19.6. The van der Waals surface area contributed by atoms with E-state index in [9.17, 15) is 4.79 Å². The molecule has 4 fully saturated rings. The van der Waals surface area contributed by atoms with E-state index >= 15 is 0 Å². The minimum absolute atomic E-state index is 0.0479. The second-order valence-electron chi connectivity index (χ2n) is 15.8. The van der Waals surface area contributed by atoms with Gasteiger partial charge in [0.05, 0.1) is 13.2 Å². The van der Waals surface area contributed by atoms with Crippen molar-refractivity contribution in [2.24, 2.45) is 58.0 Å². The summed E-state index contributed by atoms with van der Waals surface area (Å²) in [6.07, 6.45) is 16.3. The number of amides is 1. The molecule has 0 bridgehead atoms. The van der Waals surface area contributed by atoms with Crippen LogP contribution in [0.1, 0.15) is 117 Å². The van der Waals surface area contributed by atoms with E-state index in [4.69, 9.17) is 10.5 Å². The van der Waals surface area contributed by atoms with Crippen molar-refractivity contribution in [1.82, 2.24) is 5.32 Å². The summed E-state index contributed by atoms with van der Waals surface area (Å²) in [6.45, 7) is 13.4. The topological polar surface area (TPSA) is 64.4 Å². The van der Waals surface area contributed by atoms with Crippen molar-refractivity contribution in [3.63, 3.8) is 0 Å². The maximum absolute atomic E-state index is 13.0. The summed E-state index contributed by atoms with van der Waals surface area (Å²) in [7, 11) is 0. The maximum Gasteiger partial charge on any atom is 0.239 e. The van der Waals surface area contributed by atoms with Gasteiger partial charge in [-0.25, -0.2) is 0 Å². The molecule has 0 heterocycles. The van der Waals surface area contributed by atoms with E-state index in [-0.39, 0.29) is 18.6 Å². The largest absolute Gasteiger partial charge is 0.375 e. The summed E-state index contributed by atoms with van der Waals surface area (Å²) >= 11 is 0. The average molecular weight is 565 g/mol. The predicted octanol–water partition coefficient (Wildman–Crippen LogP) is 8.14. The molecule has 0 aliphatic heterocycles. The fourth-order valence-corrected chi connectivity index (χ4v) is 10.7. The monoisotopic (exact) mass is 564 g/mol. The summed E-state index contributed by atoms with van der Waals surface area (Å²) in [6, 6.07) is 9.72. The normalized spacial score (nSPS) is 38.0. The standard InChI is InChI=1S/C37H60N2O2/c1-25(2)10-9-11-26(3)31-16-17-32-30-15-14-28-22-29(18-20-36(28,4)33(30)19-21-37(31,32)5)39-35(40)34(38)24-41-23-27-12-7-6-8-13-27/h6-8,12-13,25-26,28-34H,9-11,14-24,38H2,1-5H3,(H,39,40)/t26-,28?,29-,30+,31-,32+,33+,34-,36+,37-/m1/s1. The van der Waals surface area contributed by atoms with Crippen LogP contribution in [0.2, 0.25) is 0 Å². The second kappa shape index (κ2) is 13.1. The van der Waals surface area contributed by atoms with Gasteiger partial charge >= 0.3 is 0 Å². The number of benzene rings is 1. The van der Waals surface area contributed by atoms with Crippen molar-refractivity contribution < 1.29 is 9.53 Å². The van der Waals surface area contributed by atoms with E-state index in [1.54, 1.807) is 0 Å². The third kappa shape index (κ3) is 6.59. The van der Waals surface area contributed by atoms with Gasteiger partial charge in [0.25, 0.3) is 0 Å². The molecule has 3 N–H and O–H groups in total. The minimum Gasteiger partial charge on any atom is -0.375 e. The van der Waals surface area contributed by atoms with Crippen molar-refractivity contribution in [2.75, 3.05) is 6.61 Å². The van der Waals surface area contributed by atoms with Crippen molar-refractivity contribution in [3.8, 4) is 0 Å². The van der Waals surface area contributed by atoms with Gasteiger partial charge in [-0.3, -0.25) is 4.79 Å². The number of ether oxygens (including phenoxy) is 1. The Balaban J connectivity index is 1.13. The number of nitrogens with two attached hydrogens (primary N) is 1. The molecule has 4 heteroatoms. The number of hydrogen-bond acceptors (Lipinski definition) is 3. The third-order valence-corrected chi connectivity index (χ3v) is 13.0. The number of hydrogen-bond donors (Lipinski definition) is 2. The van der Waals surface area contributed by atoms with E-state index in [2.05, 4.69) is 39.9 Å². The van der Waals surface area contributed by atoms with Crippen molar-refractivity contribution >= 4 is 5.91 Å². The van der Waals surface area contributed by atoms with Gasteiger partial charge in [0.2, 0.25) is 5.91 Å². The highest BCUT2D eigenvalue weighted by atomic mass is 16.5. The third-order valence-electron chi connectivity index (χ3n) is 13.0. The van der Waals surface area contributed by atoms with Crippen LogP contribution in [0.25, 0.3) is 0 Å². The molecule has 4 saturated carbocycles. The first-order valence-corrected chi connectivity index (χ1v) is 17.3. The molecule has 1 aromatic rings. The molecule has 0 radical (unpaired) electrons. The molecule has 1 unspecified atom stereocenters. The van der Waals surface area contributed by atoms with Crippen LogP contribution >= 0.6 is 0 Å². The first-order valence-electron chi connectivity index (χ1n) is 17.3. The zero-order valence-corrected chi connectivity index (χ0v) is 26.9. The van der Waals surface area contributed by atoms with Gasteiger partial charge < -0.3 is 15.8 Å². The Morgan fingerprint density at radius 3 is 2.44 bits per heavy atom. The van der Waals surface area contributed by atoms with Crippen molar-refractivity contribution in [1.29, 1.82) is 0 Å². The Hall–Kier alpha value is -1.39. The average Bonchev–Trinajstić information content (AvgIpc) is 3.31. The second-order valence-corrected chi connectivity index (χ2v) is 15.8. The van der Waals surface area contributed by atoms with Crippen LogP contribution < -0.4 is 11.1 Å². The zero-order valence-electron chi connectivity index (χ0n) is 26.9. The molecule has 4 nitrogen and oxygen atoms in total. The summed E-state index contributed by atoms with van der Waals surface area (Å²) < 4.78 is 5.76. The highest BCUT2D eigenvalue weighted by Crippen LogP contribution is 2.68. The smallest absolute Gasteiger partial charge is 0.239 e. The Kier molecular flexibility index (Phi) is 9.91. The summed E-state index contributed by atoms with van der Waals surface area (Å²) in [4.78, 5) is 13.0. The van der Waals surface area contributed by atoms with E-state index in [1.807, 2.05) is 30.3 Å². The Morgan fingerprint density at radius 2 is 1.68 bits per heavy atom. The van der Waals surface area contributed by atoms with Crippen LogP contribution in [0.3, 0.4) is 0 Å². The number of carbonyl (C=O) groups excluding carboxylic acids is 1. The highest BCUT2D eigenvalue weighted by Gasteiger charge is 2.60. The molecule has 1 amide bonds. The molecule has 10 atom stereocenters. The Labute approximate surface area is 251 Å². The molecule has 0 aromatic heterocycles. The lowest BCUT2D eigenvalue weighted by atomic mass is 9.44. The lowest BCUT2D eigenvalue weighted by molar-refractivity contribution is -0.130. The molecule has 0 saturated heterocycles. The van der Waals surface area contributed by atoms with E-state index in [0.29, 0.717) is 17.4 Å². The van der Waals surface area contributed by atoms with Crippen molar-refractivity contribution in [3.05, 3.63) is 35.9 Å². The van der Waals surface area contributed by atoms with Crippen LogP contribution in [0.15, 0.2) is 30.3 Å². The molecular formula is C37H60N2O2. The lowest BCUT2D eigenvalue weighted by Gasteiger charge is -2.61. The quantitative estimate of drug-likeness (QED) is 0.285. The zero-order chi connectivity index (χ0) is 29.2. The summed E-state index contributed by atoms with van der Waals surface area (Å²) in [5.74, 6) is 6.05. The van der Waals surface area contributed by atoms with Gasteiger partial charge in [-0.1, -0.05) is 84.2 Å². The van der Waals surface area contributed by atoms with Gasteiger partial charge in [-0.2, -0.15) is 0 Å². The van der Waals surface area contributed by atoms with Crippen LogP contribution in [-0.4, -0.2) is 24.6 Å². The summed E-state index contributed by atoms with van der Waals surface area (Å²) in [5, 5.41) is 3.33. The summed E-state index contributed by atoms with van der Waals surface area (Å²) in [5.41, 5.74) is 8.35. The number of carbonyl (C=O) groups is 1. The fourth-order valence-electron chi connectivity index (χ4n) is 10.7. The predicted molar refractivity (Wildman–Crippen MR) is 169 cm³/mol. The fraction of sp³-hybridized carbons (Fsp3) is 0.811. The first kappa shape index (κ1) is 31.0. The number of fused-ring (bicyclic) bond motifs is 5. The number of nitrogens with one attached hydrogen (secondary N) is 1. The van der Waals surface area contributed by atoms with Gasteiger partial charge in [0, 0.05) is 6.04 Å². The lowest BCUT2D eigenvalue weighted by Crippen LogP contribution is -2.56. The molecule has 230 valence electrons. The van der Waals surface area contributed by atoms with Crippen LogP contribution in [0, 0.1) is 52.3 Å². The van der Waals surface area contributed by atoms with E-state index in [0.717, 1.165) is 59.8 Å². The van der Waals surface area contributed by atoms with E-state index in [1.165, 1.54) is 64.2 Å². The van der Waals surface area contributed by atoms with Gasteiger partial charge in [0.15, 0.2) is 0 Å². The SMILES string of the molecule is CC(C)CCC[C@@H](C)[C@H]1CC[C@H]2[C@@H]3CCC4C[C@H](NC(=O)[C@H](N)COCc5ccccc5)CC[C@]4(C)[C@H]3CC[C@]12C. The van der Waals surface area contributed by atoms with Gasteiger partial charge in [0.1, 0.15) is 6.04 Å². The molecule has 4 aliphatic carbocycles. The van der Waals surface area contributed by atoms with Crippen LogP contribution in [-0.2, 0) is 16.1 Å². The minimum atomic E-state index is -0.609. The van der Waals surface area contributed by atoms with Gasteiger partial charge in [-0.15, -0.1) is 0 Å². The molecule has 5 rings (SSSR count). The molecule has 41 heavy (non-hydrogen) atoms. The maximum atomic E-state index is 13.0. The molecule has 0 spiro atoms. The van der Waals surface area contributed by atoms with Gasteiger partial charge in [-0.05, 0) is 116 Å². The molecule has 1 aromatic carbocycles. The van der Waals surface area contributed by atoms with Crippen molar-refractivity contribution in [2.45, 2.75) is 130 Å². The molecular weight excluding hydrogens is 504 g/mol. The number of rotatable bonds is 11. The van der Waals surface area contributed by atoms with Crippen LogP contribution in [0.5, 0.6) is 0 Å². The Bertz CT molecular complexity index is 996. The van der Waals surface area contributed by atoms with E-state index < -0.39 is 6.04 Å². The highest BCUT2D eigenvalue weighted by molar-refractivity contribution is 5.81. The molecule has 4 aliphatic rings. The van der Waals surface area contributed by atoms with Crippen LogP contribution in [0.4, 0.5) is 0 Å². The Morgan fingerprint density at radius 1 is 0.951 bits per heavy atom.